The summed E-state index contributed by atoms with van der Waals surface area (Å²) in [5.74, 6) is -0.334. The van der Waals surface area contributed by atoms with Crippen molar-refractivity contribution in [2.75, 3.05) is 5.43 Å². The average molecular weight is 421 g/mol. The molecule has 0 aliphatic heterocycles. The minimum absolute atomic E-state index is 0.130. The minimum atomic E-state index is -0.672. The number of benzene rings is 2. The summed E-state index contributed by atoms with van der Waals surface area (Å²) in [7, 11) is 0. The Kier molecular flexibility index (Phi) is 5.76. The average Bonchev–Trinajstić information content (AvgIpc) is 3.10. The zero-order chi connectivity index (χ0) is 20.3. The first-order valence-corrected chi connectivity index (χ1v) is 8.88. The molecule has 0 bridgehead atoms. The van der Waals surface area contributed by atoms with Gasteiger partial charge < -0.3 is 0 Å². The number of carbonyl (C=O) groups excluding carboxylic acids is 1. The third-order valence-electron chi connectivity index (χ3n) is 3.75. The van der Waals surface area contributed by atoms with Gasteiger partial charge in [0.05, 0.1) is 15.0 Å². The largest absolute Gasteiger partial charge is 0.309 e. The van der Waals surface area contributed by atoms with Crippen molar-refractivity contribution in [3.05, 3.63) is 74.3 Å². The highest BCUT2D eigenvalue weighted by atomic mass is 35.5. The Morgan fingerprint density at radius 1 is 1.18 bits per heavy atom. The number of rotatable bonds is 6. The summed E-state index contributed by atoms with van der Waals surface area (Å²) in [5, 5.41) is 16.0. The molecule has 28 heavy (non-hydrogen) atoms. The molecular formula is C17H14Cl2N6O3. The van der Waals surface area contributed by atoms with Gasteiger partial charge in [-0.3, -0.25) is 25.8 Å². The molecule has 2 aromatic carbocycles. The maximum absolute atomic E-state index is 12.4. The van der Waals surface area contributed by atoms with Crippen LogP contribution >= 0.6 is 23.2 Å². The van der Waals surface area contributed by atoms with Crippen molar-refractivity contribution >= 4 is 40.5 Å². The molecule has 0 saturated heterocycles. The van der Waals surface area contributed by atoms with Crippen LogP contribution in [0.2, 0.25) is 10.0 Å². The molecule has 2 N–H and O–H groups in total. The second-order valence-electron chi connectivity index (χ2n) is 5.54. The topological polar surface area (TPSA) is 115 Å². The molecule has 3 rings (SSSR count). The maximum Gasteiger partial charge on any atom is 0.309 e. The molecule has 0 atom stereocenters. The lowest BCUT2D eigenvalue weighted by Crippen LogP contribution is -2.30. The highest BCUT2D eigenvalue weighted by molar-refractivity contribution is 6.37. The predicted octanol–water partition coefficient (Wildman–Crippen LogP) is 3.80. The van der Waals surface area contributed by atoms with Crippen LogP contribution in [0.3, 0.4) is 0 Å². The van der Waals surface area contributed by atoms with Gasteiger partial charge >= 0.3 is 5.91 Å². The van der Waals surface area contributed by atoms with Crippen LogP contribution in [-0.2, 0) is 6.42 Å². The van der Waals surface area contributed by atoms with Crippen molar-refractivity contribution in [2.24, 2.45) is 0 Å². The van der Waals surface area contributed by atoms with Gasteiger partial charge in [-0.15, -0.1) is 5.10 Å². The lowest BCUT2D eigenvalue weighted by Gasteiger charge is -2.08. The maximum atomic E-state index is 12.4. The van der Waals surface area contributed by atoms with Gasteiger partial charge in [-0.25, -0.2) is 9.67 Å². The Hall–Kier alpha value is -3.17. The Morgan fingerprint density at radius 3 is 2.50 bits per heavy atom. The fourth-order valence-electron chi connectivity index (χ4n) is 2.46. The van der Waals surface area contributed by atoms with E-state index in [9.17, 15) is 14.9 Å². The van der Waals surface area contributed by atoms with Crippen molar-refractivity contribution in [2.45, 2.75) is 13.3 Å². The molecule has 0 saturated carbocycles. The summed E-state index contributed by atoms with van der Waals surface area (Å²) in [5.41, 5.74) is 5.24. The van der Waals surface area contributed by atoms with E-state index in [0.717, 1.165) is 0 Å². The van der Waals surface area contributed by atoms with Crippen LogP contribution in [0.25, 0.3) is 5.69 Å². The van der Waals surface area contributed by atoms with E-state index in [-0.39, 0.29) is 17.2 Å². The number of hydrogen-bond donors (Lipinski definition) is 2. The van der Waals surface area contributed by atoms with Crippen LogP contribution in [0.5, 0.6) is 0 Å². The highest BCUT2D eigenvalue weighted by Gasteiger charge is 2.20. The van der Waals surface area contributed by atoms with E-state index in [0.29, 0.717) is 28.0 Å². The van der Waals surface area contributed by atoms with E-state index >= 15 is 0 Å². The zero-order valence-corrected chi connectivity index (χ0v) is 16.0. The number of hydrazine groups is 1. The van der Waals surface area contributed by atoms with E-state index in [4.69, 9.17) is 23.2 Å². The first-order chi connectivity index (χ1) is 13.4. The number of aryl methyl sites for hydroxylation is 1. The third kappa shape index (κ3) is 3.90. The number of hydrogen-bond acceptors (Lipinski definition) is 6. The van der Waals surface area contributed by atoms with Gasteiger partial charge in [0.15, 0.2) is 0 Å². The van der Waals surface area contributed by atoms with Crippen molar-refractivity contribution in [3.8, 4) is 5.69 Å². The quantitative estimate of drug-likeness (QED) is 0.462. The molecule has 0 spiro atoms. The second-order valence-corrected chi connectivity index (χ2v) is 6.36. The van der Waals surface area contributed by atoms with Gasteiger partial charge in [-0.1, -0.05) is 48.3 Å². The van der Waals surface area contributed by atoms with Crippen molar-refractivity contribution in [1.82, 2.24) is 20.2 Å². The molecule has 144 valence electrons. The smallest absolute Gasteiger partial charge is 0.292 e. The molecule has 9 nitrogen and oxygen atoms in total. The van der Waals surface area contributed by atoms with Crippen LogP contribution in [0.4, 0.5) is 11.4 Å². The second kappa shape index (κ2) is 8.24. The number of anilines is 1. The molecule has 0 aliphatic rings. The van der Waals surface area contributed by atoms with Crippen LogP contribution in [-0.4, -0.2) is 25.6 Å². The van der Waals surface area contributed by atoms with E-state index in [1.54, 1.807) is 24.3 Å². The number of aromatic nitrogens is 3. The molecule has 1 heterocycles. The number of halogens is 2. The van der Waals surface area contributed by atoms with Crippen LogP contribution < -0.4 is 10.9 Å². The molecule has 0 unspecified atom stereocenters. The number of nitro groups is 1. The normalized spacial score (nSPS) is 10.5. The summed E-state index contributed by atoms with van der Waals surface area (Å²) >= 11 is 12.4. The predicted molar refractivity (Wildman–Crippen MR) is 105 cm³/mol. The lowest BCUT2D eigenvalue weighted by atomic mass is 10.3. The highest BCUT2D eigenvalue weighted by Crippen LogP contribution is 2.29. The Labute approximate surface area is 169 Å². The number of amides is 1. The standard InChI is InChI=1S/C17H14Cl2N6O3/c1-2-14-20-16(23-24(14)15-10(18)6-5-7-11(15)19)17(26)22-21-12-8-3-4-9-13(12)25(27)28/h3-9,21H,2H2,1H3,(H,22,26). The number of nitrogens with one attached hydrogen (secondary N) is 2. The van der Waals surface area contributed by atoms with E-state index in [1.165, 1.54) is 22.9 Å². The van der Waals surface area contributed by atoms with Gasteiger partial charge in [0.1, 0.15) is 17.2 Å². The van der Waals surface area contributed by atoms with E-state index < -0.39 is 10.8 Å². The molecule has 0 radical (unpaired) electrons. The summed E-state index contributed by atoms with van der Waals surface area (Å²) < 4.78 is 1.41. The van der Waals surface area contributed by atoms with Gasteiger partial charge in [-0.2, -0.15) is 0 Å². The molecular weight excluding hydrogens is 407 g/mol. The van der Waals surface area contributed by atoms with Crippen molar-refractivity contribution < 1.29 is 9.72 Å². The summed E-state index contributed by atoms with van der Waals surface area (Å²) in [4.78, 5) is 27.1. The minimum Gasteiger partial charge on any atom is -0.292 e. The monoisotopic (exact) mass is 420 g/mol. The summed E-state index contributed by atoms with van der Waals surface area (Å²) in [6.45, 7) is 1.85. The fourth-order valence-corrected chi connectivity index (χ4v) is 3.02. The van der Waals surface area contributed by atoms with Crippen LogP contribution in [0.1, 0.15) is 23.4 Å². The van der Waals surface area contributed by atoms with Gasteiger partial charge in [-0.05, 0) is 18.2 Å². The first-order valence-electron chi connectivity index (χ1n) is 8.12. The zero-order valence-electron chi connectivity index (χ0n) is 14.5. The number of carbonyl (C=O) groups is 1. The molecule has 3 aromatic rings. The van der Waals surface area contributed by atoms with E-state index in [1.807, 2.05) is 6.92 Å². The number of nitrogens with zero attached hydrogens (tertiary/aromatic N) is 4. The molecule has 1 aromatic heterocycles. The van der Waals surface area contributed by atoms with Crippen LogP contribution in [0, 0.1) is 10.1 Å². The number of nitro benzene ring substituents is 1. The molecule has 11 heteroatoms. The van der Waals surface area contributed by atoms with E-state index in [2.05, 4.69) is 20.9 Å². The van der Waals surface area contributed by atoms with Gasteiger partial charge in [0.25, 0.3) is 5.69 Å². The molecule has 0 aliphatic carbocycles. The Morgan fingerprint density at radius 2 is 1.86 bits per heavy atom. The summed E-state index contributed by atoms with van der Waals surface area (Å²) in [6, 6.07) is 10.9. The fraction of sp³-hybridized carbons (Fsp3) is 0.118. The SMILES string of the molecule is CCc1nc(C(=O)NNc2ccccc2[N+](=O)[O-])nn1-c1c(Cl)cccc1Cl. The molecule has 0 fully saturated rings. The lowest BCUT2D eigenvalue weighted by molar-refractivity contribution is -0.384. The van der Waals surface area contributed by atoms with Gasteiger partial charge in [0, 0.05) is 12.5 Å². The Bertz CT molecular complexity index is 1030. The van der Waals surface area contributed by atoms with Crippen molar-refractivity contribution in [3.63, 3.8) is 0 Å². The molecule has 1 amide bonds. The van der Waals surface area contributed by atoms with Crippen molar-refractivity contribution in [1.29, 1.82) is 0 Å². The Balaban J connectivity index is 1.86. The van der Waals surface area contributed by atoms with Gasteiger partial charge in [0.2, 0.25) is 5.82 Å². The third-order valence-corrected chi connectivity index (χ3v) is 4.36. The summed E-state index contributed by atoms with van der Waals surface area (Å²) in [6.07, 6.45) is 0.472. The first kappa shape index (κ1) is 19.6. The van der Waals surface area contributed by atoms with Crippen LogP contribution in [0.15, 0.2) is 42.5 Å². The number of para-hydroxylation sites is 3.